The van der Waals surface area contributed by atoms with Crippen LogP contribution in [0.15, 0.2) is 12.2 Å². The summed E-state index contributed by atoms with van der Waals surface area (Å²) in [6, 6.07) is 0. The minimum atomic E-state index is -0.424. The van der Waals surface area contributed by atoms with Crippen LogP contribution in [0.3, 0.4) is 0 Å². The van der Waals surface area contributed by atoms with E-state index in [1.807, 2.05) is 6.92 Å². The van der Waals surface area contributed by atoms with Gasteiger partial charge in [-0.3, -0.25) is 4.79 Å². The lowest BCUT2D eigenvalue weighted by molar-refractivity contribution is -0.161. The number of ether oxygens (including phenoxy) is 3. The molecular formula is C15H20O4. The van der Waals surface area contributed by atoms with E-state index in [-0.39, 0.29) is 30.2 Å². The van der Waals surface area contributed by atoms with Crippen LogP contribution in [-0.2, 0) is 19.0 Å². The van der Waals surface area contributed by atoms with Crippen LogP contribution in [0.5, 0.6) is 0 Å². The summed E-state index contributed by atoms with van der Waals surface area (Å²) in [6.07, 6.45) is 6.60. The molecule has 0 spiro atoms. The number of esters is 1. The van der Waals surface area contributed by atoms with Crippen molar-refractivity contribution in [2.75, 3.05) is 13.7 Å². The van der Waals surface area contributed by atoms with Gasteiger partial charge in [0.1, 0.15) is 5.41 Å². The summed E-state index contributed by atoms with van der Waals surface area (Å²) >= 11 is 0. The Morgan fingerprint density at radius 2 is 2.26 bits per heavy atom. The number of carbonyl (C=O) groups excluding carboxylic acids is 1. The molecule has 7 unspecified atom stereocenters. The van der Waals surface area contributed by atoms with Gasteiger partial charge in [-0.2, -0.15) is 0 Å². The Labute approximate surface area is 113 Å². The number of carbonyl (C=O) groups is 1. The average Bonchev–Trinajstić information content (AvgIpc) is 3.14. The number of hydrogen-bond acceptors (Lipinski definition) is 4. The van der Waals surface area contributed by atoms with Crippen LogP contribution in [0.1, 0.15) is 19.8 Å². The van der Waals surface area contributed by atoms with Gasteiger partial charge in [0.15, 0.2) is 0 Å². The van der Waals surface area contributed by atoms with Gasteiger partial charge in [-0.05, 0) is 25.2 Å². The van der Waals surface area contributed by atoms with Crippen LogP contribution in [0.4, 0.5) is 0 Å². The van der Waals surface area contributed by atoms with Gasteiger partial charge in [-0.1, -0.05) is 12.2 Å². The zero-order valence-electron chi connectivity index (χ0n) is 11.4. The van der Waals surface area contributed by atoms with E-state index in [2.05, 4.69) is 12.2 Å². The Kier molecular flexibility index (Phi) is 2.40. The van der Waals surface area contributed by atoms with E-state index in [0.717, 1.165) is 12.8 Å². The van der Waals surface area contributed by atoms with Crippen LogP contribution < -0.4 is 0 Å². The highest BCUT2D eigenvalue weighted by molar-refractivity contribution is 5.81. The van der Waals surface area contributed by atoms with Crippen molar-refractivity contribution in [1.29, 1.82) is 0 Å². The monoisotopic (exact) mass is 264 g/mol. The lowest BCUT2D eigenvalue weighted by Crippen LogP contribution is -2.53. The Morgan fingerprint density at radius 1 is 1.42 bits per heavy atom. The molecule has 0 amide bonds. The summed E-state index contributed by atoms with van der Waals surface area (Å²) in [7, 11) is 1.50. The maximum absolute atomic E-state index is 12.5. The molecule has 4 nitrogen and oxygen atoms in total. The summed E-state index contributed by atoms with van der Waals surface area (Å²) in [5, 5.41) is 0. The summed E-state index contributed by atoms with van der Waals surface area (Å²) in [6.45, 7) is 2.72. The molecule has 0 radical (unpaired) electrons. The zero-order chi connectivity index (χ0) is 13.2. The van der Waals surface area contributed by atoms with E-state index in [4.69, 9.17) is 14.2 Å². The molecule has 2 saturated heterocycles. The van der Waals surface area contributed by atoms with Crippen molar-refractivity contribution in [1.82, 2.24) is 0 Å². The highest BCUT2D eigenvalue weighted by Gasteiger charge is 2.75. The fraction of sp³-hybridized carbons (Fsp3) is 0.800. The van der Waals surface area contributed by atoms with E-state index >= 15 is 0 Å². The number of hydrogen-bond donors (Lipinski definition) is 0. The van der Waals surface area contributed by atoms with Crippen LogP contribution in [-0.4, -0.2) is 38.0 Å². The first-order chi connectivity index (χ1) is 9.23. The van der Waals surface area contributed by atoms with Gasteiger partial charge in [0.05, 0.1) is 25.4 Å². The second-order valence-electron chi connectivity index (χ2n) is 6.16. The topological polar surface area (TPSA) is 44.8 Å². The third-order valence-corrected chi connectivity index (χ3v) is 5.68. The molecule has 3 fully saturated rings. The van der Waals surface area contributed by atoms with Crippen molar-refractivity contribution in [2.45, 2.75) is 38.1 Å². The summed E-state index contributed by atoms with van der Waals surface area (Å²) in [5.74, 6) is 0.942. The third-order valence-electron chi connectivity index (χ3n) is 5.68. The van der Waals surface area contributed by atoms with Crippen LogP contribution in [0.2, 0.25) is 0 Å². The van der Waals surface area contributed by atoms with Crippen molar-refractivity contribution >= 4 is 5.97 Å². The van der Waals surface area contributed by atoms with Crippen molar-refractivity contribution in [3.63, 3.8) is 0 Å². The molecule has 0 aromatic heterocycles. The molecule has 7 atom stereocenters. The van der Waals surface area contributed by atoms with Crippen molar-refractivity contribution in [2.24, 2.45) is 23.2 Å². The van der Waals surface area contributed by atoms with Gasteiger partial charge < -0.3 is 14.2 Å². The normalized spacial score (nSPS) is 52.7. The first kappa shape index (κ1) is 11.9. The van der Waals surface area contributed by atoms with Gasteiger partial charge in [0.25, 0.3) is 0 Å². The predicted molar refractivity (Wildman–Crippen MR) is 67.4 cm³/mol. The molecule has 1 saturated carbocycles. The minimum absolute atomic E-state index is 0.0218. The van der Waals surface area contributed by atoms with Crippen LogP contribution >= 0.6 is 0 Å². The van der Waals surface area contributed by atoms with Gasteiger partial charge >= 0.3 is 5.97 Å². The zero-order valence-corrected chi connectivity index (χ0v) is 11.4. The number of rotatable bonds is 3. The molecule has 4 heteroatoms. The fourth-order valence-corrected chi connectivity index (χ4v) is 5.19. The molecule has 19 heavy (non-hydrogen) atoms. The second kappa shape index (κ2) is 3.83. The fourth-order valence-electron chi connectivity index (χ4n) is 5.19. The van der Waals surface area contributed by atoms with Crippen molar-refractivity contribution in [3.8, 4) is 0 Å². The quantitative estimate of drug-likeness (QED) is 0.573. The maximum Gasteiger partial charge on any atom is 0.315 e. The third kappa shape index (κ3) is 1.20. The molecule has 2 aliphatic heterocycles. The van der Waals surface area contributed by atoms with E-state index in [9.17, 15) is 4.79 Å². The molecule has 0 aromatic carbocycles. The van der Waals surface area contributed by atoms with Crippen molar-refractivity contribution in [3.05, 3.63) is 12.2 Å². The molecule has 0 N–H and O–H groups in total. The van der Waals surface area contributed by atoms with Gasteiger partial charge in [0, 0.05) is 18.9 Å². The van der Waals surface area contributed by atoms with E-state index < -0.39 is 5.41 Å². The predicted octanol–water partition coefficient (Wildman–Crippen LogP) is 1.54. The minimum Gasteiger partial charge on any atom is -0.468 e. The number of fused-ring (bicyclic) bond motifs is 9. The Hall–Kier alpha value is -0.870. The highest BCUT2D eigenvalue weighted by atomic mass is 16.6. The van der Waals surface area contributed by atoms with E-state index in [0.29, 0.717) is 18.4 Å². The number of methoxy groups -OCH3 is 1. The first-order valence-electron chi connectivity index (χ1n) is 7.27. The van der Waals surface area contributed by atoms with Crippen LogP contribution in [0, 0.1) is 23.2 Å². The van der Waals surface area contributed by atoms with Crippen molar-refractivity contribution < 1.29 is 19.0 Å². The lowest BCUT2D eigenvalue weighted by atomic mass is 9.60. The molecule has 2 aliphatic carbocycles. The molecule has 2 heterocycles. The van der Waals surface area contributed by atoms with Gasteiger partial charge in [-0.25, -0.2) is 0 Å². The molecule has 104 valence electrons. The van der Waals surface area contributed by atoms with Crippen LogP contribution in [0.25, 0.3) is 0 Å². The molecule has 4 aliphatic rings. The Balaban J connectivity index is 1.75. The standard InChI is InChI=1S/C15H20O4/c1-3-18-10-7-11-15(14(16)17-2)9-5-4-8(6-9)12(15)13(10)19-11/h4-5,8-13H,3,6-7H2,1-2H3. The maximum atomic E-state index is 12.5. The summed E-state index contributed by atoms with van der Waals surface area (Å²) in [5.41, 5.74) is -0.424. The Bertz CT molecular complexity index is 445. The molecule has 4 rings (SSSR count). The smallest absolute Gasteiger partial charge is 0.315 e. The average molecular weight is 264 g/mol. The van der Waals surface area contributed by atoms with E-state index in [1.165, 1.54) is 7.11 Å². The summed E-state index contributed by atoms with van der Waals surface area (Å²) < 4.78 is 17.1. The van der Waals surface area contributed by atoms with E-state index in [1.54, 1.807) is 0 Å². The van der Waals surface area contributed by atoms with Gasteiger partial charge in [-0.15, -0.1) is 0 Å². The number of allylic oxidation sites excluding steroid dienone is 2. The second-order valence-corrected chi connectivity index (χ2v) is 6.16. The highest BCUT2D eigenvalue weighted by Crippen LogP contribution is 2.68. The van der Waals surface area contributed by atoms with Gasteiger partial charge in [0.2, 0.25) is 0 Å². The Morgan fingerprint density at radius 3 is 3.00 bits per heavy atom. The molecule has 0 aromatic rings. The lowest BCUT2D eigenvalue weighted by Gasteiger charge is -2.41. The largest absolute Gasteiger partial charge is 0.468 e. The molecule has 4 bridgehead atoms. The summed E-state index contributed by atoms with van der Waals surface area (Å²) in [4.78, 5) is 12.5. The molecular weight excluding hydrogens is 244 g/mol. The SMILES string of the molecule is CCOC1CC2OC1C1C3C=CC(C3)C21C(=O)OC. The first-order valence-corrected chi connectivity index (χ1v) is 7.27.